The summed E-state index contributed by atoms with van der Waals surface area (Å²) in [7, 11) is 0. The molecule has 2 aromatic carbocycles. The molecule has 0 aromatic heterocycles. The Hall–Kier alpha value is -0.860. The number of allylic oxidation sites excluding steroid dienone is 1. The molecule has 0 unspecified atom stereocenters. The number of hydrogen-bond acceptors (Lipinski definition) is 0. The summed E-state index contributed by atoms with van der Waals surface area (Å²) in [6.45, 7) is 0. The molecule has 0 amide bonds. The first-order chi connectivity index (χ1) is 8.27. The number of hydrogen-bond donors (Lipinski definition) is 0. The Labute approximate surface area is 119 Å². The SMILES string of the molecule is BrC(Br)=CC(c1ccccc1)c1ccccc1. The van der Waals surface area contributed by atoms with Crippen LogP contribution >= 0.6 is 31.9 Å². The average Bonchev–Trinajstić information content (AvgIpc) is 2.38. The van der Waals surface area contributed by atoms with Gasteiger partial charge >= 0.3 is 0 Å². The van der Waals surface area contributed by atoms with Gasteiger partial charge in [-0.3, -0.25) is 0 Å². The maximum Gasteiger partial charge on any atom is 0.0573 e. The highest BCUT2D eigenvalue weighted by atomic mass is 79.9. The van der Waals surface area contributed by atoms with Crippen molar-refractivity contribution in [3.63, 3.8) is 0 Å². The summed E-state index contributed by atoms with van der Waals surface area (Å²) in [5.74, 6) is 0.270. The van der Waals surface area contributed by atoms with Crippen molar-refractivity contribution in [2.75, 3.05) is 0 Å². The standard InChI is InChI=1S/C15H12Br2/c16-15(17)11-14(12-7-3-1-4-8-12)13-9-5-2-6-10-13/h1-11,14H. The summed E-state index contributed by atoms with van der Waals surface area (Å²) in [4.78, 5) is 0. The smallest absolute Gasteiger partial charge is 0.0573 e. The molecule has 0 bridgehead atoms. The second-order valence-corrected chi connectivity index (χ2v) is 6.53. The quantitative estimate of drug-likeness (QED) is 0.689. The van der Waals surface area contributed by atoms with E-state index in [1.54, 1.807) is 0 Å². The Kier molecular flexibility index (Phi) is 4.57. The third kappa shape index (κ3) is 3.55. The second kappa shape index (κ2) is 6.18. The molecule has 0 radical (unpaired) electrons. The summed E-state index contributed by atoms with van der Waals surface area (Å²) in [5, 5.41) is 0. The van der Waals surface area contributed by atoms with Gasteiger partial charge in [-0.15, -0.1) is 0 Å². The first-order valence-corrected chi connectivity index (χ1v) is 6.98. The molecule has 0 saturated heterocycles. The Balaban J connectivity index is 2.43. The van der Waals surface area contributed by atoms with Gasteiger partial charge in [-0.2, -0.15) is 0 Å². The first-order valence-electron chi connectivity index (χ1n) is 5.40. The normalized spacial score (nSPS) is 10.3. The van der Waals surface area contributed by atoms with Crippen LogP contribution in [0, 0.1) is 0 Å². The molecule has 2 heteroatoms. The van der Waals surface area contributed by atoms with Gasteiger partial charge in [0.05, 0.1) is 3.39 Å². The van der Waals surface area contributed by atoms with Gasteiger partial charge in [0, 0.05) is 5.92 Å². The molecule has 0 aliphatic carbocycles. The maximum absolute atomic E-state index is 3.45. The minimum absolute atomic E-state index is 0.270. The van der Waals surface area contributed by atoms with Crippen molar-refractivity contribution in [3.05, 3.63) is 81.3 Å². The van der Waals surface area contributed by atoms with E-state index in [0.29, 0.717) is 0 Å². The monoisotopic (exact) mass is 350 g/mol. The van der Waals surface area contributed by atoms with E-state index in [-0.39, 0.29) is 5.92 Å². The van der Waals surface area contributed by atoms with E-state index >= 15 is 0 Å². The zero-order valence-corrected chi connectivity index (χ0v) is 12.4. The summed E-state index contributed by atoms with van der Waals surface area (Å²) in [6, 6.07) is 21.0. The third-order valence-corrected chi connectivity index (χ3v) is 3.14. The van der Waals surface area contributed by atoms with Crippen molar-refractivity contribution in [2.45, 2.75) is 5.92 Å². The molecule has 0 atom stereocenters. The highest BCUT2D eigenvalue weighted by Gasteiger charge is 2.10. The van der Waals surface area contributed by atoms with Crippen molar-refractivity contribution in [2.24, 2.45) is 0 Å². The van der Waals surface area contributed by atoms with Gasteiger partial charge in [-0.05, 0) is 43.0 Å². The van der Waals surface area contributed by atoms with E-state index in [1.165, 1.54) is 11.1 Å². The maximum atomic E-state index is 3.45. The van der Waals surface area contributed by atoms with Crippen LogP contribution in [0.15, 0.2) is 70.1 Å². The van der Waals surface area contributed by atoms with Crippen LogP contribution in [0.3, 0.4) is 0 Å². The molecular weight excluding hydrogens is 340 g/mol. The lowest BCUT2D eigenvalue weighted by molar-refractivity contribution is 1.03. The molecule has 0 heterocycles. The predicted octanol–water partition coefficient (Wildman–Crippen LogP) is 5.45. The van der Waals surface area contributed by atoms with Gasteiger partial charge in [0.15, 0.2) is 0 Å². The zero-order chi connectivity index (χ0) is 12.1. The van der Waals surface area contributed by atoms with E-state index in [4.69, 9.17) is 0 Å². The largest absolute Gasteiger partial charge is 0.0622 e. The molecule has 0 fully saturated rings. The average molecular weight is 352 g/mol. The fourth-order valence-electron chi connectivity index (χ4n) is 1.83. The number of benzene rings is 2. The second-order valence-electron chi connectivity index (χ2n) is 3.76. The summed E-state index contributed by atoms with van der Waals surface area (Å²) in [6.07, 6.45) is 2.16. The van der Waals surface area contributed by atoms with Crippen molar-refractivity contribution in [3.8, 4) is 0 Å². The van der Waals surface area contributed by atoms with Crippen molar-refractivity contribution < 1.29 is 0 Å². The van der Waals surface area contributed by atoms with Crippen molar-refractivity contribution in [1.82, 2.24) is 0 Å². The minimum Gasteiger partial charge on any atom is -0.0622 e. The molecule has 0 aliphatic heterocycles. The molecular formula is C15H12Br2. The van der Waals surface area contributed by atoms with E-state index in [1.807, 2.05) is 12.1 Å². The molecule has 86 valence electrons. The molecule has 2 rings (SSSR count). The molecule has 0 nitrogen and oxygen atoms in total. The van der Waals surface area contributed by atoms with Gasteiger partial charge in [0.25, 0.3) is 0 Å². The lowest BCUT2D eigenvalue weighted by atomic mass is 9.92. The Morgan fingerprint density at radius 3 is 1.53 bits per heavy atom. The molecule has 0 saturated carbocycles. The van der Waals surface area contributed by atoms with Gasteiger partial charge in [0.1, 0.15) is 0 Å². The van der Waals surface area contributed by atoms with Crippen LogP contribution in [0.4, 0.5) is 0 Å². The van der Waals surface area contributed by atoms with Crippen LogP contribution in [0.1, 0.15) is 17.0 Å². The molecule has 2 aromatic rings. The minimum atomic E-state index is 0.270. The summed E-state index contributed by atoms with van der Waals surface area (Å²) >= 11 is 6.89. The summed E-state index contributed by atoms with van der Waals surface area (Å²) < 4.78 is 0.975. The van der Waals surface area contributed by atoms with E-state index < -0.39 is 0 Å². The van der Waals surface area contributed by atoms with Crippen molar-refractivity contribution >= 4 is 31.9 Å². The van der Waals surface area contributed by atoms with E-state index in [2.05, 4.69) is 86.5 Å². The van der Waals surface area contributed by atoms with Crippen LogP contribution in [0.25, 0.3) is 0 Å². The first kappa shape index (κ1) is 12.6. The lowest BCUT2D eigenvalue weighted by Gasteiger charge is -2.14. The Morgan fingerprint density at radius 2 is 1.18 bits per heavy atom. The topological polar surface area (TPSA) is 0 Å². The van der Waals surface area contributed by atoms with Crippen LogP contribution in [0.2, 0.25) is 0 Å². The highest BCUT2D eigenvalue weighted by Crippen LogP contribution is 2.29. The van der Waals surface area contributed by atoms with Crippen LogP contribution < -0.4 is 0 Å². The number of rotatable bonds is 3. The zero-order valence-electron chi connectivity index (χ0n) is 9.18. The molecule has 0 aliphatic rings. The van der Waals surface area contributed by atoms with E-state index in [9.17, 15) is 0 Å². The van der Waals surface area contributed by atoms with Crippen LogP contribution in [0.5, 0.6) is 0 Å². The predicted molar refractivity (Wildman–Crippen MR) is 80.7 cm³/mol. The Morgan fingerprint density at radius 1 is 0.765 bits per heavy atom. The summed E-state index contributed by atoms with van der Waals surface area (Å²) in [5.41, 5.74) is 2.57. The van der Waals surface area contributed by atoms with Crippen LogP contribution in [-0.2, 0) is 0 Å². The lowest BCUT2D eigenvalue weighted by Crippen LogP contribution is -1.97. The molecule has 0 N–H and O–H groups in total. The molecule has 0 spiro atoms. The van der Waals surface area contributed by atoms with Crippen molar-refractivity contribution in [1.29, 1.82) is 0 Å². The highest BCUT2D eigenvalue weighted by molar-refractivity contribution is 9.28. The van der Waals surface area contributed by atoms with Gasteiger partial charge in [-0.25, -0.2) is 0 Å². The van der Waals surface area contributed by atoms with Gasteiger partial charge < -0.3 is 0 Å². The fourth-order valence-corrected chi connectivity index (χ4v) is 2.36. The van der Waals surface area contributed by atoms with Gasteiger partial charge in [-0.1, -0.05) is 66.7 Å². The Bertz CT molecular complexity index is 445. The third-order valence-electron chi connectivity index (χ3n) is 2.61. The van der Waals surface area contributed by atoms with Gasteiger partial charge in [0.2, 0.25) is 0 Å². The fraction of sp³-hybridized carbons (Fsp3) is 0.0667. The van der Waals surface area contributed by atoms with E-state index in [0.717, 1.165) is 3.39 Å². The number of halogens is 2. The van der Waals surface area contributed by atoms with Crippen LogP contribution in [-0.4, -0.2) is 0 Å². The molecule has 17 heavy (non-hydrogen) atoms.